The summed E-state index contributed by atoms with van der Waals surface area (Å²) in [5, 5.41) is 8.06. The fourth-order valence-electron chi connectivity index (χ4n) is 2.70. The summed E-state index contributed by atoms with van der Waals surface area (Å²) in [4.78, 5) is 17.7. The van der Waals surface area contributed by atoms with E-state index in [4.69, 9.17) is 4.74 Å². The van der Waals surface area contributed by atoms with Crippen LogP contribution in [0.25, 0.3) is 10.6 Å². The zero-order valence-electron chi connectivity index (χ0n) is 15.9. The van der Waals surface area contributed by atoms with Crippen molar-refractivity contribution in [1.29, 1.82) is 0 Å². The van der Waals surface area contributed by atoms with Crippen molar-refractivity contribution in [1.82, 2.24) is 20.1 Å². The van der Waals surface area contributed by atoms with E-state index < -0.39 is 0 Å². The molecule has 0 aliphatic heterocycles. The fraction of sp³-hybridized carbons (Fsp3) is 0.350. The summed E-state index contributed by atoms with van der Waals surface area (Å²) in [7, 11) is 0. The van der Waals surface area contributed by atoms with Crippen LogP contribution in [0.2, 0.25) is 0 Å². The lowest BCUT2D eigenvalue weighted by Gasteiger charge is -2.04. The molecule has 1 aromatic carbocycles. The van der Waals surface area contributed by atoms with Crippen molar-refractivity contribution < 1.29 is 9.53 Å². The van der Waals surface area contributed by atoms with Gasteiger partial charge in [0.05, 0.1) is 18.5 Å². The predicted octanol–water partition coefficient (Wildman–Crippen LogP) is 3.84. The van der Waals surface area contributed by atoms with E-state index >= 15 is 0 Å². The second kappa shape index (κ2) is 8.81. The van der Waals surface area contributed by atoms with Crippen molar-refractivity contribution in [2.75, 3.05) is 13.2 Å². The predicted molar refractivity (Wildman–Crippen MR) is 107 cm³/mol. The van der Waals surface area contributed by atoms with Crippen molar-refractivity contribution in [2.45, 2.75) is 33.7 Å². The van der Waals surface area contributed by atoms with Crippen molar-refractivity contribution in [3.05, 3.63) is 52.8 Å². The van der Waals surface area contributed by atoms with Gasteiger partial charge in [0.25, 0.3) is 5.91 Å². The molecule has 0 radical (unpaired) electrons. The van der Waals surface area contributed by atoms with Crippen molar-refractivity contribution >= 4 is 17.2 Å². The number of aryl methyl sites for hydroxylation is 3. The first-order chi connectivity index (χ1) is 13.1. The number of carbonyl (C=O) groups excluding carboxylic acids is 1. The first kappa shape index (κ1) is 19.1. The molecule has 1 amide bonds. The lowest BCUT2D eigenvalue weighted by Crippen LogP contribution is -2.25. The summed E-state index contributed by atoms with van der Waals surface area (Å²) in [6.07, 6.45) is 4.66. The Labute approximate surface area is 163 Å². The molecule has 2 aromatic heterocycles. The molecule has 3 rings (SSSR count). The van der Waals surface area contributed by atoms with Crippen LogP contribution in [0.5, 0.6) is 5.75 Å². The van der Waals surface area contributed by atoms with Crippen LogP contribution in [0, 0.1) is 13.8 Å². The summed E-state index contributed by atoms with van der Waals surface area (Å²) in [5.74, 6) is 0.763. The fourth-order valence-corrected chi connectivity index (χ4v) is 3.69. The number of amides is 1. The first-order valence-electron chi connectivity index (χ1n) is 9.04. The number of rotatable bonds is 8. The highest BCUT2D eigenvalue weighted by Gasteiger charge is 2.16. The van der Waals surface area contributed by atoms with Crippen LogP contribution in [0.3, 0.4) is 0 Å². The maximum atomic E-state index is 12.5. The number of ether oxygens (including phenoxy) is 1. The Balaban J connectivity index is 1.57. The number of benzene rings is 1. The Kier molecular flexibility index (Phi) is 6.24. The Bertz CT molecular complexity index is 899. The van der Waals surface area contributed by atoms with Crippen LogP contribution in [-0.2, 0) is 6.54 Å². The van der Waals surface area contributed by atoms with Gasteiger partial charge < -0.3 is 10.1 Å². The van der Waals surface area contributed by atoms with Crippen LogP contribution in [0.1, 0.15) is 34.3 Å². The van der Waals surface area contributed by atoms with Crippen molar-refractivity contribution in [3.8, 4) is 16.3 Å². The van der Waals surface area contributed by atoms with Crippen LogP contribution < -0.4 is 10.1 Å². The number of aromatic nitrogens is 3. The highest BCUT2D eigenvalue weighted by atomic mass is 32.1. The van der Waals surface area contributed by atoms with E-state index in [1.54, 1.807) is 0 Å². The van der Waals surface area contributed by atoms with Crippen LogP contribution in [0.15, 0.2) is 36.7 Å². The summed E-state index contributed by atoms with van der Waals surface area (Å²) >= 11 is 1.42. The van der Waals surface area contributed by atoms with Crippen molar-refractivity contribution in [3.63, 3.8) is 0 Å². The smallest absolute Gasteiger partial charge is 0.263 e. The highest BCUT2D eigenvalue weighted by Crippen LogP contribution is 2.29. The first-order valence-corrected chi connectivity index (χ1v) is 9.86. The van der Waals surface area contributed by atoms with E-state index in [0.29, 0.717) is 18.0 Å². The molecule has 0 atom stereocenters. The molecular weight excluding hydrogens is 360 g/mol. The van der Waals surface area contributed by atoms with Gasteiger partial charge in [-0.2, -0.15) is 5.10 Å². The molecule has 142 valence electrons. The van der Waals surface area contributed by atoms with Gasteiger partial charge in [-0.3, -0.25) is 9.48 Å². The molecule has 0 spiro atoms. The van der Waals surface area contributed by atoms with E-state index in [-0.39, 0.29) is 5.91 Å². The van der Waals surface area contributed by atoms with Gasteiger partial charge in [-0.1, -0.05) is 0 Å². The molecule has 0 saturated carbocycles. The summed E-state index contributed by atoms with van der Waals surface area (Å²) in [6.45, 7) is 7.87. The van der Waals surface area contributed by atoms with E-state index in [0.717, 1.165) is 40.5 Å². The molecule has 0 fully saturated rings. The number of hydrogen-bond acceptors (Lipinski definition) is 5. The third-order valence-corrected chi connectivity index (χ3v) is 5.23. The minimum absolute atomic E-state index is 0.0705. The molecule has 27 heavy (non-hydrogen) atoms. The Hall–Kier alpha value is -2.67. The molecule has 2 heterocycles. The van der Waals surface area contributed by atoms with Gasteiger partial charge in [0.2, 0.25) is 0 Å². The van der Waals surface area contributed by atoms with E-state index in [2.05, 4.69) is 15.4 Å². The Morgan fingerprint density at radius 2 is 2.04 bits per heavy atom. The van der Waals surface area contributed by atoms with Gasteiger partial charge in [0.1, 0.15) is 15.6 Å². The second-order valence-corrected chi connectivity index (χ2v) is 7.28. The molecule has 0 unspecified atom stereocenters. The van der Waals surface area contributed by atoms with E-state index in [9.17, 15) is 4.79 Å². The number of carbonyl (C=O) groups is 1. The van der Waals surface area contributed by atoms with Gasteiger partial charge in [-0.05, 0) is 57.0 Å². The average molecular weight is 385 g/mol. The molecule has 3 aromatic rings. The van der Waals surface area contributed by atoms with E-state index in [1.165, 1.54) is 11.3 Å². The standard InChI is InChI=1S/C20H24N4O2S/c1-4-26-17-8-6-16(7-9-17)20-23-15(3)18(27-20)19(25)21-10-5-11-24-13-14(2)12-22-24/h6-9,12-13H,4-5,10-11H2,1-3H3,(H,21,25). The number of hydrogen-bond donors (Lipinski definition) is 1. The van der Waals surface area contributed by atoms with Crippen LogP contribution in [0.4, 0.5) is 0 Å². The molecule has 0 saturated heterocycles. The quantitative estimate of drug-likeness (QED) is 0.599. The largest absolute Gasteiger partial charge is 0.494 e. The number of nitrogens with zero attached hydrogens (tertiary/aromatic N) is 3. The molecular formula is C20H24N4O2S. The average Bonchev–Trinajstić information content (AvgIpc) is 3.25. The van der Waals surface area contributed by atoms with Gasteiger partial charge in [-0.15, -0.1) is 11.3 Å². The molecule has 0 bridgehead atoms. The molecule has 0 aliphatic rings. The normalized spacial score (nSPS) is 10.8. The van der Waals surface area contributed by atoms with Crippen LogP contribution in [-0.4, -0.2) is 33.8 Å². The Morgan fingerprint density at radius 3 is 2.70 bits per heavy atom. The van der Waals surface area contributed by atoms with Gasteiger partial charge in [0.15, 0.2) is 0 Å². The number of nitrogens with one attached hydrogen (secondary N) is 1. The zero-order valence-corrected chi connectivity index (χ0v) is 16.7. The molecule has 1 N–H and O–H groups in total. The monoisotopic (exact) mass is 384 g/mol. The summed E-state index contributed by atoms with van der Waals surface area (Å²) in [6, 6.07) is 7.78. The Morgan fingerprint density at radius 1 is 1.26 bits per heavy atom. The van der Waals surface area contributed by atoms with Crippen molar-refractivity contribution in [2.24, 2.45) is 0 Å². The third kappa shape index (κ3) is 4.95. The zero-order chi connectivity index (χ0) is 19.2. The molecule has 6 nitrogen and oxygen atoms in total. The van der Waals surface area contributed by atoms with Gasteiger partial charge >= 0.3 is 0 Å². The van der Waals surface area contributed by atoms with E-state index in [1.807, 2.05) is 62.1 Å². The highest BCUT2D eigenvalue weighted by molar-refractivity contribution is 7.17. The van der Waals surface area contributed by atoms with Gasteiger partial charge in [-0.25, -0.2) is 4.98 Å². The maximum absolute atomic E-state index is 12.5. The lowest BCUT2D eigenvalue weighted by atomic mass is 10.2. The maximum Gasteiger partial charge on any atom is 0.263 e. The van der Waals surface area contributed by atoms with Gasteiger partial charge in [0, 0.05) is 24.8 Å². The topological polar surface area (TPSA) is 69.0 Å². The van der Waals surface area contributed by atoms with Crippen LogP contribution >= 0.6 is 11.3 Å². The minimum Gasteiger partial charge on any atom is -0.494 e. The second-order valence-electron chi connectivity index (χ2n) is 6.28. The minimum atomic E-state index is -0.0705. The summed E-state index contributed by atoms with van der Waals surface area (Å²) in [5.41, 5.74) is 2.88. The lowest BCUT2D eigenvalue weighted by molar-refractivity contribution is 0.0956. The molecule has 7 heteroatoms. The molecule has 0 aliphatic carbocycles. The third-order valence-electron chi connectivity index (χ3n) is 4.03. The SMILES string of the molecule is CCOc1ccc(-c2nc(C)c(C(=O)NCCCn3cc(C)cn3)s2)cc1. The summed E-state index contributed by atoms with van der Waals surface area (Å²) < 4.78 is 7.36. The number of thiazole rings is 1.